The Morgan fingerprint density at radius 1 is 1.25 bits per heavy atom. The van der Waals surface area contributed by atoms with Crippen LogP contribution >= 0.6 is 11.3 Å². The molecule has 2 aromatic rings. The monoisotopic (exact) mass is 414 g/mol. The number of hydrogen-bond donors (Lipinski definition) is 0. The summed E-state index contributed by atoms with van der Waals surface area (Å²) in [7, 11) is 0. The summed E-state index contributed by atoms with van der Waals surface area (Å²) in [5, 5.41) is 0.636. The van der Waals surface area contributed by atoms with Gasteiger partial charge >= 0.3 is 12.3 Å². The van der Waals surface area contributed by atoms with E-state index in [9.17, 15) is 18.0 Å². The third kappa shape index (κ3) is 3.74. The molecule has 152 valence electrons. The van der Waals surface area contributed by atoms with Crippen molar-refractivity contribution in [2.45, 2.75) is 45.0 Å². The lowest BCUT2D eigenvalue weighted by atomic mass is 9.93. The van der Waals surface area contributed by atoms with E-state index in [4.69, 9.17) is 4.74 Å². The lowest BCUT2D eigenvalue weighted by molar-refractivity contribution is -0.126. The molecule has 0 bridgehead atoms. The Kier molecular flexibility index (Phi) is 4.44. The predicted octanol–water partition coefficient (Wildman–Crippen LogP) is 3.85. The van der Waals surface area contributed by atoms with E-state index in [-0.39, 0.29) is 17.0 Å². The minimum Gasteiger partial charge on any atom is -0.444 e. The summed E-state index contributed by atoms with van der Waals surface area (Å²) >= 11 is 1.04. The Labute approximate surface area is 164 Å². The molecule has 2 saturated heterocycles. The van der Waals surface area contributed by atoms with Crippen molar-refractivity contribution >= 4 is 33.5 Å². The van der Waals surface area contributed by atoms with Gasteiger partial charge in [0.25, 0.3) is 0 Å². The van der Waals surface area contributed by atoms with Gasteiger partial charge in [-0.3, -0.25) is 0 Å². The van der Waals surface area contributed by atoms with Gasteiger partial charge < -0.3 is 14.5 Å². The van der Waals surface area contributed by atoms with Gasteiger partial charge in [0, 0.05) is 30.4 Å². The van der Waals surface area contributed by atoms with Crippen LogP contribution in [0.2, 0.25) is 0 Å². The number of thiophene rings is 1. The van der Waals surface area contributed by atoms with Crippen molar-refractivity contribution in [2.24, 2.45) is 5.92 Å². The molecule has 2 fully saturated rings. The molecule has 2 aliphatic heterocycles. The van der Waals surface area contributed by atoms with Crippen LogP contribution in [0, 0.1) is 5.92 Å². The molecule has 2 aromatic heterocycles. The van der Waals surface area contributed by atoms with Crippen molar-refractivity contribution in [3.05, 3.63) is 17.3 Å². The average molecular weight is 414 g/mol. The van der Waals surface area contributed by atoms with Gasteiger partial charge in [-0.05, 0) is 26.8 Å². The normalized spacial score (nSPS) is 22.4. The molecule has 1 amide bonds. The second kappa shape index (κ2) is 6.47. The third-order valence-corrected chi connectivity index (χ3v) is 5.94. The maximum absolute atomic E-state index is 12.7. The van der Waals surface area contributed by atoms with E-state index < -0.39 is 18.2 Å². The highest BCUT2D eigenvalue weighted by atomic mass is 32.1. The fourth-order valence-corrected chi connectivity index (χ4v) is 4.79. The molecule has 0 radical (unpaired) electrons. The number of aromatic nitrogens is 2. The molecule has 28 heavy (non-hydrogen) atoms. The highest BCUT2D eigenvalue weighted by Crippen LogP contribution is 2.39. The summed E-state index contributed by atoms with van der Waals surface area (Å²) in [5.74, 6) is 0.944. The van der Waals surface area contributed by atoms with E-state index in [1.807, 2.05) is 25.7 Å². The van der Waals surface area contributed by atoms with Gasteiger partial charge in [0.05, 0.1) is 17.8 Å². The minimum atomic E-state index is -4.25. The smallest absolute Gasteiger partial charge is 0.410 e. The number of halogens is 3. The molecule has 0 aromatic carbocycles. The quantitative estimate of drug-likeness (QED) is 0.747. The van der Waals surface area contributed by atoms with Crippen LogP contribution in [-0.2, 0) is 11.2 Å². The number of rotatable bonds is 2. The van der Waals surface area contributed by atoms with E-state index in [0.717, 1.165) is 11.3 Å². The van der Waals surface area contributed by atoms with Crippen molar-refractivity contribution < 1.29 is 22.7 Å². The molecular weight excluding hydrogens is 393 g/mol. The summed E-state index contributed by atoms with van der Waals surface area (Å²) in [6.07, 6.45) is -4.16. The van der Waals surface area contributed by atoms with E-state index in [1.54, 1.807) is 4.90 Å². The van der Waals surface area contributed by atoms with Crippen molar-refractivity contribution in [1.29, 1.82) is 0 Å². The number of fused-ring (bicyclic) bond motifs is 2. The number of carbonyl (C=O) groups is 1. The molecule has 2 atom stereocenters. The second-order valence-corrected chi connectivity index (χ2v) is 9.40. The van der Waals surface area contributed by atoms with E-state index in [0.29, 0.717) is 41.6 Å². The van der Waals surface area contributed by atoms with E-state index in [2.05, 4.69) is 9.97 Å². The van der Waals surface area contributed by atoms with Gasteiger partial charge in [-0.1, -0.05) is 0 Å². The number of alkyl halides is 3. The first-order valence-corrected chi connectivity index (χ1v) is 9.86. The van der Waals surface area contributed by atoms with Crippen molar-refractivity contribution in [3.63, 3.8) is 0 Å². The third-order valence-electron chi connectivity index (χ3n) is 4.90. The molecular formula is C18H21F3N4O2S. The van der Waals surface area contributed by atoms with Crippen LogP contribution in [0.3, 0.4) is 0 Å². The highest BCUT2D eigenvalue weighted by molar-refractivity contribution is 7.18. The number of ether oxygens (including phenoxy) is 1. The molecule has 4 rings (SSSR count). The Bertz CT molecular complexity index is 908. The Hall–Kier alpha value is -2.10. The molecule has 0 aliphatic carbocycles. The van der Waals surface area contributed by atoms with E-state index >= 15 is 0 Å². The van der Waals surface area contributed by atoms with Crippen molar-refractivity contribution in [1.82, 2.24) is 14.9 Å². The lowest BCUT2D eigenvalue weighted by Crippen LogP contribution is -2.59. The van der Waals surface area contributed by atoms with Crippen LogP contribution in [0.1, 0.15) is 25.6 Å². The Balaban J connectivity index is 1.52. The fourth-order valence-electron chi connectivity index (χ4n) is 3.77. The molecule has 4 heterocycles. The summed E-state index contributed by atoms with van der Waals surface area (Å²) in [6.45, 7) is 7.40. The van der Waals surface area contributed by atoms with Gasteiger partial charge in [0.15, 0.2) is 0 Å². The van der Waals surface area contributed by atoms with Crippen LogP contribution in [0.5, 0.6) is 0 Å². The molecule has 6 nitrogen and oxygen atoms in total. The maximum atomic E-state index is 12.7. The van der Waals surface area contributed by atoms with Crippen LogP contribution in [0.25, 0.3) is 10.2 Å². The Morgan fingerprint density at radius 3 is 2.68 bits per heavy atom. The standard InChI is InChI=1S/C18H21F3N4O2S/c1-17(2,3)27-16(26)25-7-10-6-24(8-13(10)25)14-12-4-11(5-18(19,20)21)28-15(12)23-9-22-14/h4,9-10,13H,5-8H2,1-3H3/t10-,13-/m1/s1. The summed E-state index contributed by atoms with van der Waals surface area (Å²) in [6, 6.07) is 1.57. The summed E-state index contributed by atoms with van der Waals surface area (Å²) in [4.78, 5) is 25.3. The molecule has 0 N–H and O–H groups in total. The van der Waals surface area contributed by atoms with Crippen LogP contribution in [-0.4, -0.2) is 58.4 Å². The molecule has 2 aliphatic rings. The van der Waals surface area contributed by atoms with Gasteiger partial charge in [-0.2, -0.15) is 13.2 Å². The summed E-state index contributed by atoms with van der Waals surface area (Å²) < 4.78 is 43.6. The van der Waals surface area contributed by atoms with Crippen LogP contribution in [0.4, 0.5) is 23.8 Å². The zero-order valence-corrected chi connectivity index (χ0v) is 16.6. The first-order chi connectivity index (χ1) is 13.0. The zero-order chi connectivity index (χ0) is 20.3. The number of hydrogen-bond acceptors (Lipinski definition) is 6. The van der Waals surface area contributed by atoms with Crippen molar-refractivity contribution in [2.75, 3.05) is 24.5 Å². The number of anilines is 1. The van der Waals surface area contributed by atoms with Gasteiger partial charge in [-0.15, -0.1) is 11.3 Å². The van der Waals surface area contributed by atoms with Gasteiger partial charge in [0.2, 0.25) is 0 Å². The lowest BCUT2D eigenvalue weighted by Gasteiger charge is -2.43. The molecule has 0 spiro atoms. The number of amides is 1. The largest absolute Gasteiger partial charge is 0.444 e. The molecule has 0 saturated carbocycles. The first kappa shape index (κ1) is 19.2. The van der Waals surface area contributed by atoms with E-state index in [1.165, 1.54) is 12.4 Å². The fraction of sp³-hybridized carbons (Fsp3) is 0.611. The Morgan fingerprint density at radius 2 is 2.00 bits per heavy atom. The van der Waals surface area contributed by atoms with Gasteiger partial charge in [0.1, 0.15) is 22.6 Å². The van der Waals surface area contributed by atoms with Crippen molar-refractivity contribution in [3.8, 4) is 0 Å². The number of nitrogens with zero attached hydrogens (tertiary/aromatic N) is 4. The summed E-state index contributed by atoms with van der Waals surface area (Å²) in [5.41, 5.74) is -0.551. The van der Waals surface area contributed by atoms with Crippen LogP contribution < -0.4 is 4.90 Å². The number of likely N-dealkylation sites (tertiary alicyclic amines) is 1. The first-order valence-electron chi connectivity index (χ1n) is 9.05. The maximum Gasteiger partial charge on any atom is 0.410 e. The molecule has 0 unspecified atom stereocenters. The zero-order valence-electron chi connectivity index (χ0n) is 15.8. The number of carbonyl (C=O) groups excluding carboxylic acids is 1. The highest BCUT2D eigenvalue weighted by Gasteiger charge is 2.49. The predicted molar refractivity (Wildman–Crippen MR) is 99.6 cm³/mol. The second-order valence-electron chi connectivity index (χ2n) is 8.29. The van der Waals surface area contributed by atoms with Crippen LogP contribution in [0.15, 0.2) is 12.4 Å². The SMILES string of the molecule is CC(C)(C)OC(=O)N1C[C@H]2CN(c3ncnc4sc(CC(F)(F)F)cc34)C[C@H]21. The average Bonchev–Trinajstić information content (AvgIpc) is 3.05. The topological polar surface area (TPSA) is 58.6 Å². The van der Waals surface area contributed by atoms with Gasteiger partial charge in [-0.25, -0.2) is 14.8 Å². The minimum absolute atomic E-state index is 0.0353. The molecule has 10 heteroatoms.